The minimum Gasteiger partial charge on any atom is -0.487 e. The van der Waals surface area contributed by atoms with Gasteiger partial charge in [-0.3, -0.25) is 0 Å². The minimum atomic E-state index is -0.0498. The number of hydrogen-bond acceptors (Lipinski definition) is 2. The number of hydrogen-bond donors (Lipinski definition) is 1. The predicted molar refractivity (Wildman–Crippen MR) is 72.1 cm³/mol. The van der Waals surface area contributed by atoms with E-state index in [0.717, 1.165) is 4.47 Å². The largest absolute Gasteiger partial charge is 0.487 e. The van der Waals surface area contributed by atoms with Crippen molar-refractivity contribution in [2.75, 3.05) is 6.54 Å². The molecular weight excluding hydrogens is 289 g/mol. The average molecular weight is 307 g/mol. The average Bonchev–Trinajstić information content (AvgIpc) is 2.14. The van der Waals surface area contributed by atoms with Gasteiger partial charge in [-0.25, -0.2) is 0 Å². The van der Waals surface area contributed by atoms with Crippen LogP contribution in [0.5, 0.6) is 5.75 Å². The summed E-state index contributed by atoms with van der Waals surface area (Å²) < 4.78 is 6.77. The molecule has 0 radical (unpaired) electrons. The van der Waals surface area contributed by atoms with Gasteiger partial charge in [-0.2, -0.15) is 0 Å². The summed E-state index contributed by atoms with van der Waals surface area (Å²) in [5, 5.41) is 0.595. The molecule has 4 heteroatoms. The summed E-state index contributed by atoms with van der Waals surface area (Å²) in [7, 11) is 0. The highest BCUT2D eigenvalue weighted by molar-refractivity contribution is 9.10. The van der Waals surface area contributed by atoms with E-state index in [4.69, 9.17) is 22.1 Å². The van der Waals surface area contributed by atoms with Crippen LogP contribution >= 0.6 is 27.5 Å². The molecule has 2 N–H and O–H groups in total. The van der Waals surface area contributed by atoms with Crippen LogP contribution in [0.3, 0.4) is 0 Å². The maximum Gasteiger partial charge on any atom is 0.138 e. The van der Waals surface area contributed by atoms with Crippen molar-refractivity contribution in [3.05, 3.63) is 27.7 Å². The molecule has 0 fully saturated rings. The predicted octanol–water partition coefficient (Wildman–Crippen LogP) is 3.85. The van der Waals surface area contributed by atoms with E-state index in [-0.39, 0.29) is 11.5 Å². The quantitative estimate of drug-likeness (QED) is 0.920. The number of rotatable bonds is 3. The normalized spacial score (nSPS) is 13.6. The highest BCUT2D eigenvalue weighted by Crippen LogP contribution is 2.31. The fourth-order valence-corrected chi connectivity index (χ4v) is 2.02. The van der Waals surface area contributed by atoms with Gasteiger partial charge in [-0.05, 0) is 18.2 Å². The van der Waals surface area contributed by atoms with Gasteiger partial charge in [0.15, 0.2) is 0 Å². The molecular formula is C12H17BrClNO. The van der Waals surface area contributed by atoms with Gasteiger partial charge in [0.05, 0.1) is 5.02 Å². The lowest BCUT2D eigenvalue weighted by Gasteiger charge is -2.30. The van der Waals surface area contributed by atoms with Gasteiger partial charge >= 0.3 is 0 Å². The van der Waals surface area contributed by atoms with E-state index in [9.17, 15) is 0 Å². The minimum absolute atomic E-state index is 0.00878. The third-order valence-electron chi connectivity index (χ3n) is 2.34. The van der Waals surface area contributed by atoms with Crippen LogP contribution < -0.4 is 10.5 Å². The summed E-state index contributed by atoms with van der Waals surface area (Å²) in [5.41, 5.74) is 5.70. The Kier molecular flexibility index (Phi) is 4.65. The first-order valence-corrected chi connectivity index (χ1v) is 6.33. The van der Waals surface area contributed by atoms with Crippen LogP contribution in [0.4, 0.5) is 0 Å². The van der Waals surface area contributed by atoms with Crippen LogP contribution in [0.1, 0.15) is 20.8 Å². The molecule has 2 nitrogen and oxygen atoms in total. The van der Waals surface area contributed by atoms with Crippen molar-refractivity contribution in [1.29, 1.82) is 0 Å². The van der Waals surface area contributed by atoms with Crippen molar-refractivity contribution in [3.63, 3.8) is 0 Å². The monoisotopic (exact) mass is 305 g/mol. The zero-order valence-electron chi connectivity index (χ0n) is 9.76. The van der Waals surface area contributed by atoms with Crippen molar-refractivity contribution in [3.8, 4) is 5.75 Å². The van der Waals surface area contributed by atoms with Gasteiger partial charge in [-0.15, -0.1) is 0 Å². The zero-order valence-corrected chi connectivity index (χ0v) is 12.1. The van der Waals surface area contributed by atoms with E-state index < -0.39 is 0 Å². The van der Waals surface area contributed by atoms with Crippen molar-refractivity contribution in [1.82, 2.24) is 0 Å². The molecule has 90 valence electrons. The first-order valence-electron chi connectivity index (χ1n) is 5.16. The highest BCUT2D eigenvalue weighted by atomic mass is 79.9. The lowest BCUT2D eigenvalue weighted by atomic mass is 9.89. The van der Waals surface area contributed by atoms with E-state index in [2.05, 4.69) is 36.7 Å². The third-order valence-corrected chi connectivity index (χ3v) is 3.13. The molecule has 0 aliphatic carbocycles. The third kappa shape index (κ3) is 3.65. The van der Waals surface area contributed by atoms with Gasteiger partial charge in [0.2, 0.25) is 0 Å². The molecule has 0 spiro atoms. The SMILES string of the molecule is CC(C)(C)C(CN)Oc1ccc(Br)cc1Cl. The fourth-order valence-electron chi connectivity index (χ4n) is 1.30. The molecule has 0 saturated heterocycles. The molecule has 0 aliphatic rings. The Hall–Kier alpha value is -0.250. The lowest BCUT2D eigenvalue weighted by molar-refractivity contribution is 0.0943. The summed E-state index contributed by atoms with van der Waals surface area (Å²) >= 11 is 9.44. The second kappa shape index (κ2) is 5.39. The lowest BCUT2D eigenvalue weighted by Crippen LogP contribution is -2.38. The topological polar surface area (TPSA) is 35.2 Å². The van der Waals surface area contributed by atoms with Crippen molar-refractivity contribution >= 4 is 27.5 Å². The molecule has 1 rings (SSSR count). The Morgan fingerprint density at radius 3 is 2.50 bits per heavy atom. The summed E-state index contributed by atoms with van der Waals surface area (Å²) in [4.78, 5) is 0. The first kappa shape index (κ1) is 13.8. The Morgan fingerprint density at radius 1 is 1.44 bits per heavy atom. The van der Waals surface area contributed by atoms with Crippen LogP contribution in [0.2, 0.25) is 5.02 Å². The molecule has 1 unspecified atom stereocenters. The number of halogens is 2. The molecule has 1 aromatic rings. The second-order valence-electron chi connectivity index (χ2n) is 4.78. The van der Waals surface area contributed by atoms with Gasteiger partial charge < -0.3 is 10.5 Å². The van der Waals surface area contributed by atoms with E-state index in [1.54, 1.807) is 0 Å². The van der Waals surface area contributed by atoms with E-state index in [1.807, 2.05) is 18.2 Å². The van der Waals surface area contributed by atoms with Gasteiger partial charge in [-0.1, -0.05) is 48.3 Å². The Labute approximate surface area is 110 Å². The second-order valence-corrected chi connectivity index (χ2v) is 6.11. The Bertz CT molecular complexity index is 363. The van der Waals surface area contributed by atoms with Gasteiger partial charge in [0.25, 0.3) is 0 Å². The van der Waals surface area contributed by atoms with E-state index in [1.165, 1.54) is 0 Å². The van der Waals surface area contributed by atoms with Crippen molar-refractivity contribution in [2.45, 2.75) is 26.9 Å². The zero-order chi connectivity index (χ0) is 12.3. The van der Waals surface area contributed by atoms with Crippen LogP contribution in [0, 0.1) is 5.41 Å². The van der Waals surface area contributed by atoms with Crippen molar-refractivity contribution < 1.29 is 4.74 Å². The standard InChI is InChI=1S/C12H17BrClNO/c1-12(2,3)11(7-15)16-10-5-4-8(13)6-9(10)14/h4-6,11H,7,15H2,1-3H3. The number of benzene rings is 1. The first-order chi connectivity index (χ1) is 7.34. The molecule has 0 amide bonds. The molecule has 1 atom stereocenters. The maximum absolute atomic E-state index is 6.08. The molecule has 0 aromatic heterocycles. The van der Waals surface area contributed by atoms with Crippen LogP contribution in [-0.2, 0) is 0 Å². The Balaban J connectivity index is 2.86. The fraction of sp³-hybridized carbons (Fsp3) is 0.500. The van der Waals surface area contributed by atoms with Crippen LogP contribution in [0.25, 0.3) is 0 Å². The molecule has 16 heavy (non-hydrogen) atoms. The van der Waals surface area contributed by atoms with Crippen LogP contribution in [-0.4, -0.2) is 12.6 Å². The smallest absolute Gasteiger partial charge is 0.138 e. The maximum atomic E-state index is 6.08. The molecule has 1 aromatic carbocycles. The summed E-state index contributed by atoms with van der Waals surface area (Å²) in [6, 6.07) is 5.56. The van der Waals surface area contributed by atoms with E-state index in [0.29, 0.717) is 17.3 Å². The van der Waals surface area contributed by atoms with Gasteiger partial charge in [0.1, 0.15) is 11.9 Å². The Morgan fingerprint density at radius 2 is 2.06 bits per heavy atom. The summed E-state index contributed by atoms with van der Waals surface area (Å²) in [6.45, 7) is 6.75. The van der Waals surface area contributed by atoms with Crippen LogP contribution in [0.15, 0.2) is 22.7 Å². The molecule has 0 heterocycles. The molecule has 0 aliphatic heterocycles. The highest BCUT2D eigenvalue weighted by Gasteiger charge is 2.25. The molecule has 0 bridgehead atoms. The van der Waals surface area contributed by atoms with Crippen molar-refractivity contribution in [2.24, 2.45) is 11.1 Å². The number of ether oxygens (including phenoxy) is 1. The van der Waals surface area contributed by atoms with Gasteiger partial charge in [0, 0.05) is 16.4 Å². The summed E-state index contributed by atoms with van der Waals surface area (Å²) in [5.74, 6) is 0.676. The summed E-state index contributed by atoms with van der Waals surface area (Å²) in [6.07, 6.45) is -0.0498. The number of nitrogens with two attached hydrogens (primary N) is 1. The van der Waals surface area contributed by atoms with E-state index >= 15 is 0 Å². The molecule has 0 saturated carbocycles.